The number of carbonyl (C=O) groups is 1. The van der Waals surface area contributed by atoms with Gasteiger partial charge in [-0.15, -0.1) is 0 Å². The van der Waals surface area contributed by atoms with Gasteiger partial charge in [0.15, 0.2) is 11.5 Å². The molecule has 1 aromatic carbocycles. The van der Waals surface area contributed by atoms with Crippen molar-refractivity contribution >= 4 is 23.4 Å². The van der Waals surface area contributed by atoms with Gasteiger partial charge in [-0.1, -0.05) is 0 Å². The fraction of sp³-hybridized carbons (Fsp3) is 0.500. The Kier molecular flexibility index (Phi) is 6.67. The van der Waals surface area contributed by atoms with Crippen molar-refractivity contribution < 1.29 is 14.3 Å². The van der Waals surface area contributed by atoms with Crippen LogP contribution in [0.4, 0.5) is 5.69 Å². The lowest BCUT2D eigenvalue weighted by Crippen LogP contribution is -2.36. The van der Waals surface area contributed by atoms with Crippen LogP contribution in [0.15, 0.2) is 12.1 Å². The molecule has 1 atom stereocenters. The van der Waals surface area contributed by atoms with Crippen molar-refractivity contribution in [1.29, 1.82) is 0 Å². The number of nitrogens with one attached hydrogen (secondary N) is 1. The molecule has 0 bridgehead atoms. The molecule has 0 saturated heterocycles. The van der Waals surface area contributed by atoms with E-state index in [1.807, 2.05) is 19.2 Å². The predicted molar refractivity (Wildman–Crippen MR) is 83.9 cm³/mol. The summed E-state index contributed by atoms with van der Waals surface area (Å²) in [6, 6.07) is 3.06. The van der Waals surface area contributed by atoms with Gasteiger partial charge >= 0.3 is 0 Å². The average molecular weight is 298 g/mol. The molecule has 0 radical (unpaired) electrons. The van der Waals surface area contributed by atoms with Gasteiger partial charge in [0.05, 0.1) is 20.3 Å². The summed E-state index contributed by atoms with van der Waals surface area (Å²) in [6.07, 6.45) is 2.64. The largest absolute Gasteiger partial charge is 0.493 e. The Bertz CT molecular complexity index is 466. The van der Waals surface area contributed by atoms with Crippen molar-refractivity contribution in [2.75, 3.05) is 31.5 Å². The lowest BCUT2D eigenvalue weighted by molar-refractivity contribution is -0.117. The molecule has 0 aliphatic heterocycles. The molecule has 0 heterocycles. The van der Waals surface area contributed by atoms with Crippen molar-refractivity contribution in [3.63, 3.8) is 0 Å². The zero-order valence-electron chi connectivity index (χ0n) is 12.4. The maximum Gasteiger partial charge on any atom is 0.241 e. The second kappa shape index (κ2) is 8.01. The maximum absolute atomic E-state index is 12.0. The van der Waals surface area contributed by atoms with E-state index in [2.05, 4.69) is 5.32 Å². The molecule has 0 aliphatic carbocycles. The summed E-state index contributed by atoms with van der Waals surface area (Å²) >= 11 is 1.67. The quantitative estimate of drug-likeness (QED) is 0.806. The molecule has 0 aliphatic rings. The first-order chi connectivity index (χ1) is 9.53. The Morgan fingerprint density at radius 3 is 2.50 bits per heavy atom. The number of carbonyl (C=O) groups excluding carboxylic acids is 1. The number of hydrogen-bond donors (Lipinski definition) is 2. The zero-order chi connectivity index (χ0) is 15.1. The van der Waals surface area contributed by atoms with E-state index in [9.17, 15) is 4.79 Å². The maximum atomic E-state index is 12.0. The number of benzene rings is 1. The summed E-state index contributed by atoms with van der Waals surface area (Å²) in [5, 5.41) is 2.84. The number of anilines is 1. The fourth-order valence-corrected chi connectivity index (χ4v) is 2.21. The molecule has 0 spiro atoms. The van der Waals surface area contributed by atoms with Gasteiger partial charge in [-0.3, -0.25) is 4.79 Å². The van der Waals surface area contributed by atoms with E-state index in [-0.39, 0.29) is 5.91 Å². The Morgan fingerprint density at radius 2 is 1.95 bits per heavy atom. The van der Waals surface area contributed by atoms with Gasteiger partial charge in [0.1, 0.15) is 0 Å². The van der Waals surface area contributed by atoms with Gasteiger partial charge in [0, 0.05) is 11.8 Å². The van der Waals surface area contributed by atoms with Gasteiger partial charge in [0.2, 0.25) is 5.91 Å². The van der Waals surface area contributed by atoms with Crippen molar-refractivity contribution in [1.82, 2.24) is 0 Å². The van der Waals surface area contributed by atoms with E-state index in [0.717, 1.165) is 11.3 Å². The van der Waals surface area contributed by atoms with Gasteiger partial charge in [-0.05, 0) is 37.0 Å². The topological polar surface area (TPSA) is 73.6 Å². The molecule has 20 heavy (non-hydrogen) atoms. The highest BCUT2D eigenvalue weighted by Gasteiger charge is 2.16. The minimum absolute atomic E-state index is 0.186. The lowest BCUT2D eigenvalue weighted by Gasteiger charge is -2.16. The summed E-state index contributed by atoms with van der Waals surface area (Å²) in [5.41, 5.74) is 7.43. The molecule has 0 unspecified atom stereocenters. The van der Waals surface area contributed by atoms with Crippen molar-refractivity contribution in [3.8, 4) is 11.5 Å². The first-order valence-electron chi connectivity index (χ1n) is 6.31. The van der Waals surface area contributed by atoms with Crippen molar-refractivity contribution in [2.24, 2.45) is 5.73 Å². The van der Waals surface area contributed by atoms with Crippen molar-refractivity contribution in [3.05, 3.63) is 17.7 Å². The summed E-state index contributed by atoms with van der Waals surface area (Å²) in [6.45, 7) is 1.89. The molecule has 5 nitrogen and oxygen atoms in total. The molecule has 0 fully saturated rings. The first-order valence-corrected chi connectivity index (χ1v) is 7.70. The predicted octanol–water partition coefficient (Wildman–Crippen LogP) is 2.03. The van der Waals surface area contributed by atoms with E-state index >= 15 is 0 Å². The van der Waals surface area contributed by atoms with E-state index in [1.54, 1.807) is 32.0 Å². The number of amides is 1. The second-order valence-electron chi connectivity index (χ2n) is 4.40. The molecule has 0 aromatic heterocycles. The number of nitrogens with two attached hydrogens (primary N) is 1. The molecular weight excluding hydrogens is 276 g/mol. The second-order valence-corrected chi connectivity index (χ2v) is 5.38. The molecule has 0 saturated carbocycles. The number of aryl methyl sites for hydroxylation is 1. The van der Waals surface area contributed by atoms with Gasteiger partial charge < -0.3 is 20.5 Å². The molecule has 112 valence electrons. The Balaban J connectivity index is 2.84. The molecule has 1 amide bonds. The Hall–Kier alpha value is -1.40. The average Bonchev–Trinajstić information content (AvgIpc) is 2.45. The number of hydrogen-bond acceptors (Lipinski definition) is 5. The molecule has 6 heteroatoms. The third kappa shape index (κ3) is 4.31. The fourth-order valence-electron chi connectivity index (χ4n) is 1.72. The lowest BCUT2D eigenvalue weighted by atomic mass is 10.1. The van der Waals surface area contributed by atoms with Crippen LogP contribution in [0.2, 0.25) is 0 Å². The van der Waals surface area contributed by atoms with E-state index in [1.165, 1.54) is 0 Å². The van der Waals surface area contributed by atoms with Crippen LogP contribution < -0.4 is 20.5 Å². The van der Waals surface area contributed by atoms with E-state index in [0.29, 0.717) is 23.6 Å². The van der Waals surface area contributed by atoms with Crippen LogP contribution in [0.25, 0.3) is 0 Å². The first kappa shape index (κ1) is 16.7. The standard InChI is InChI=1S/C14H22N2O3S/c1-9-7-12(18-2)13(19-3)8-11(9)16-14(17)10(15)5-6-20-4/h7-8,10H,5-6,15H2,1-4H3,(H,16,17)/t10-/m1/s1. The highest BCUT2D eigenvalue weighted by atomic mass is 32.2. The van der Waals surface area contributed by atoms with Crippen LogP contribution in [0.5, 0.6) is 11.5 Å². The monoisotopic (exact) mass is 298 g/mol. The van der Waals surface area contributed by atoms with Gasteiger partial charge in [-0.2, -0.15) is 11.8 Å². The molecular formula is C14H22N2O3S. The number of thioether (sulfide) groups is 1. The van der Waals surface area contributed by atoms with Crippen LogP contribution in [-0.4, -0.2) is 38.2 Å². The SMILES string of the molecule is COc1cc(C)c(NC(=O)[C@H](N)CCSC)cc1OC. The minimum Gasteiger partial charge on any atom is -0.493 e. The normalized spacial score (nSPS) is 11.8. The van der Waals surface area contributed by atoms with Crippen LogP contribution in [0, 0.1) is 6.92 Å². The van der Waals surface area contributed by atoms with Crippen LogP contribution >= 0.6 is 11.8 Å². The summed E-state index contributed by atoms with van der Waals surface area (Å²) in [5.74, 6) is 1.88. The number of rotatable bonds is 7. The third-order valence-electron chi connectivity index (χ3n) is 2.96. The molecule has 1 aromatic rings. The van der Waals surface area contributed by atoms with E-state index in [4.69, 9.17) is 15.2 Å². The van der Waals surface area contributed by atoms with Crippen LogP contribution in [0.3, 0.4) is 0 Å². The highest BCUT2D eigenvalue weighted by molar-refractivity contribution is 7.98. The van der Waals surface area contributed by atoms with Gasteiger partial charge in [-0.25, -0.2) is 0 Å². The minimum atomic E-state index is -0.505. The molecule has 3 N–H and O–H groups in total. The Morgan fingerprint density at radius 1 is 1.35 bits per heavy atom. The Labute approximate surface area is 124 Å². The summed E-state index contributed by atoms with van der Waals surface area (Å²) in [7, 11) is 3.14. The van der Waals surface area contributed by atoms with Gasteiger partial charge in [0.25, 0.3) is 0 Å². The number of ether oxygens (including phenoxy) is 2. The van der Waals surface area contributed by atoms with Crippen LogP contribution in [0.1, 0.15) is 12.0 Å². The highest BCUT2D eigenvalue weighted by Crippen LogP contribution is 2.32. The van der Waals surface area contributed by atoms with Crippen LogP contribution in [-0.2, 0) is 4.79 Å². The summed E-state index contributed by atoms with van der Waals surface area (Å²) in [4.78, 5) is 12.0. The van der Waals surface area contributed by atoms with Crippen molar-refractivity contribution in [2.45, 2.75) is 19.4 Å². The third-order valence-corrected chi connectivity index (χ3v) is 3.60. The number of methoxy groups -OCH3 is 2. The molecule has 1 rings (SSSR count). The smallest absolute Gasteiger partial charge is 0.241 e. The zero-order valence-corrected chi connectivity index (χ0v) is 13.2. The summed E-state index contributed by atoms with van der Waals surface area (Å²) < 4.78 is 10.4. The van der Waals surface area contributed by atoms with E-state index < -0.39 is 6.04 Å².